The quantitative estimate of drug-likeness (QED) is 0.787. The number of nitrogen functional groups attached to an aromatic ring is 1. The minimum atomic E-state index is 0.536. The average Bonchev–Trinajstić information content (AvgIpc) is 2.86. The highest BCUT2D eigenvalue weighted by molar-refractivity contribution is 5.54. The van der Waals surface area contributed by atoms with Crippen LogP contribution in [0.15, 0.2) is 17.2 Å². The fraction of sp³-hybridized carbons (Fsp3) is 0.455. The van der Waals surface area contributed by atoms with Crippen LogP contribution in [-0.4, -0.2) is 26.7 Å². The molecular formula is C11H16N6O. The molecule has 0 fully saturated rings. The number of hydrogen-bond donors (Lipinski definition) is 2. The van der Waals surface area contributed by atoms with Crippen LogP contribution in [-0.2, 0) is 12.8 Å². The van der Waals surface area contributed by atoms with E-state index in [0.717, 1.165) is 24.2 Å². The van der Waals surface area contributed by atoms with Gasteiger partial charge >= 0.3 is 0 Å². The summed E-state index contributed by atoms with van der Waals surface area (Å²) < 4.78 is 4.66. The van der Waals surface area contributed by atoms with Crippen molar-refractivity contribution in [1.29, 1.82) is 0 Å². The summed E-state index contributed by atoms with van der Waals surface area (Å²) in [6.45, 7) is 2.77. The monoisotopic (exact) mass is 248 g/mol. The molecule has 0 aromatic carbocycles. The van der Waals surface area contributed by atoms with E-state index in [4.69, 9.17) is 5.73 Å². The zero-order valence-electron chi connectivity index (χ0n) is 10.3. The first kappa shape index (κ1) is 12.3. The van der Waals surface area contributed by atoms with E-state index in [1.165, 1.54) is 12.7 Å². The Morgan fingerprint density at radius 1 is 1.28 bits per heavy atom. The van der Waals surface area contributed by atoms with Crippen molar-refractivity contribution in [1.82, 2.24) is 20.1 Å². The first-order valence-electron chi connectivity index (χ1n) is 5.89. The Kier molecular flexibility index (Phi) is 4.06. The molecule has 2 rings (SSSR count). The van der Waals surface area contributed by atoms with Crippen molar-refractivity contribution in [3.63, 3.8) is 0 Å². The first-order chi connectivity index (χ1) is 8.81. The molecule has 0 atom stereocenters. The second kappa shape index (κ2) is 5.95. The summed E-state index contributed by atoms with van der Waals surface area (Å²) in [5.74, 6) is 1.99. The van der Waals surface area contributed by atoms with Crippen molar-refractivity contribution < 1.29 is 4.52 Å². The highest BCUT2D eigenvalue weighted by atomic mass is 16.5. The molecule has 18 heavy (non-hydrogen) atoms. The van der Waals surface area contributed by atoms with E-state index < -0.39 is 0 Å². The smallest absolute Gasteiger partial charge is 0.213 e. The zero-order valence-corrected chi connectivity index (χ0v) is 10.3. The van der Waals surface area contributed by atoms with Crippen LogP contribution >= 0.6 is 0 Å². The summed E-state index contributed by atoms with van der Waals surface area (Å²) in [5, 5.41) is 6.96. The van der Waals surface area contributed by atoms with E-state index in [0.29, 0.717) is 24.6 Å². The molecule has 7 heteroatoms. The van der Waals surface area contributed by atoms with Gasteiger partial charge in [-0.1, -0.05) is 18.5 Å². The fourth-order valence-electron chi connectivity index (χ4n) is 1.67. The Morgan fingerprint density at radius 3 is 2.89 bits per heavy atom. The van der Waals surface area contributed by atoms with Crippen LogP contribution in [0.3, 0.4) is 0 Å². The third-order valence-electron chi connectivity index (χ3n) is 2.53. The average molecular weight is 248 g/mol. The summed E-state index contributed by atoms with van der Waals surface area (Å²) >= 11 is 0. The van der Waals surface area contributed by atoms with Crippen LogP contribution in [0.4, 0.5) is 11.6 Å². The lowest BCUT2D eigenvalue weighted by Gasteiger charge is -2.10. The molecule has 0 spiro atoms. The Labute approximate surface area is 105 Å². The van der Waals surface area contributed by atoms with Crippen molar-refractivity contribution in [2.45, 2.75) is 26.2 Å². The van der Waals surface area contributed by atoms with Gasteiger partial charge in [0.15, 0.2) is 5.82 Å². The third-order valence-corrected chi connectivity index (χ3v) is 2.53. The van der Waals surface area contributed by atoms with Crippen molar-refractivity contribution in [3.8, 4) is 0 Å². The normalized spacial score (nSPS) is 10.5. The number of rotatable bonds is 6. The van der Waals surface area contributed by atoms with Gasteiger partial charge in [0.05, 0.1) is 0 Å². The van der Waals surface area contributed by atoms with Gasteiger partial charge in [0.1, 0.15) is 18.0 Å². The number of nitrogens with one attached hydrogen (secondary N) is 1. The minimum Gasteiger partial charge on any atom is -0.383 e. The van der Waals surface area contributed by atoms with Crippen LogP contribution in [0, 0.1) is 0 Å². The predicted octanol–water partition coefficient (Wildman–Crippen LogP) is 1.05. The lowest BCUT2D eigenvalue weighted by molar-refractivity contribution is 0.410. The topological polar surface area (TPSA) is 103 Å². The molecule has 96 valence electrons. The molecule has 0 aliphatic heterocycles. The summed E-state index contributed by atoms with van der Waals surface area (Å²) in [6.07, 6.45) is 5.31. The van der Waals surface area contributed by atoms with E-state index in [1.807, 2.05) is 0 Å². The SMILES string of the molecule is CCCc1c(N)ncnc1NCCc1ncon1. The van der Waals surface area contributed by atoms with Gasteiger partial charge in [0.2, 0.25) is 6.39 Å². The van der Waals surface area contributed by atoms with E-state index in [1.54, 1.807) is 0 Å². The van der Waals surface area contributed by atoms with Gasteiger partial charge < -0.3 is 15.6 Å². The van der Waals surface area contributed by atoms with Crippen molar-refractivity contribution in [3.05, 3.63) is 24.1 Å². The molecular weight excluding hydrogens is 232 g/mol. The highest BCUT2D eigenvalue weighted by Crippen LogP contribution is 2.18. The highest BCUT2D eigenvalue weighted by Gasteiger charge is 2.08. The molecule has 0 aliphatic rings. The summed E-state index contributed by atoms with van der Waals surface area (Å²) in [5.41, 5.74) is 6.81. The summed E-state index contributed by atoms with van der Waals surface area (Å²) in [4.78, 5) is 12.2. The second-order valence-electron chi connectivity index (χ2n) is 3.86. The number of hydrogen-bond acceptors (Lipinski definition) is 7. The maximum atomic E-state index is 5.84. The summed E-state index contributed by atoms with van der Waals surface area (Å²) in [6, 6.07) is 0. The zero-order chi connectivity index (χ0) is 12.8. The Hall–Kier alpha value is -2.18. The maximum Gasteiger partial charge on any atom is 0.213 e. The van der Waals surface area contributed by atoms with E-state index in [-0.39, 0.29) is 0 Å². The van der Waals surface area contributed by atoms with Crippen LogP contribution in [0.2, 0.25) is 0 Å². The number of aromatic nitrogens is 4. The van der Waals surface area contributed by atoms with Crippen LogP contribution in [0.1, 0.15) is 24.7 Å². The molecule has 0 radical (unpaired) electrons. The van der Waals surface area contributed by atoms with E-state index >= 15 is 0 Å². The van der Waals surface area contributed by atoms with Crippen molar-refractivity contribution in [2.75, 3.05) is 17.6 Å². The molecule has 0 saturated heterocycles. The maximum absolute atomic E-state index is 5.84. The number of anilines is 2. The predicted molar refractivity (Wildman–Crippen MR) is 66.9 cm³/mol. The lowest BCUT2D eigenvalue weighted by atomic mass is 10.1. The van der Waals surface area contributed by atoms with Gasteiger partial charge in [-0.15, -0.1) is 0 Å². The van der Waals surface area contributed by atoms with Crippen molar-refractivity contribution in [2.24, 2.45) is 0 Å². The van der Waals surface area contributed by atoms with E-state index in [2.05, 4.69) is 36.9 Å². The molecule has 0 aliphatic carbocycles. The van der Waals surface area contributed by atoms with Gasteiger partial charge in [-0.05, 0) is 6.42 Å². The minimum absolute atomic E-state index is 0.536. The van der Waals surface area contributed by atoms with Crippen molar-refractivity contribution >= 4 is 11.6 Å². The van der Waals surface area contributed by atoms with Gasteiger partial charge in [0, 0.05) is 18.5 Å². The van der Waals surface area contributed by atoms with Gasteiger partial charge in [-0.3, -0.25) is 0 Å². The Balaban J connectivity index is 1.98. The lowest BCUT2D eigenvalue weighted by Crippen LogP contribution is -2.11. The molecule has 7 nitrogen and oxygen atoms in total. The third kappa shape index (κ3) is 2.93. The van der Waals surface area contributed by atoms with Crippen LogP contribution in [0.5, 0.6) is 0 Å². The van der Waals surface area contributed by atoms with E-state index in [9.17, 15) is 0 Å². The Morgan fingerprint density at radius 2 is 2.17 bits per heavy atom. The molecule has 3 N–H and O–H groups in total. The molecule has 0 unspecified atom stereocenters. The molecule has 2 aromatic rings. The molecule has 0 amide bonds. The van der Waals surface area contributed by atoms with Crippen LogP contribution in [0.25, 0.3) is 0 Å². The number of nitrogens with two attached hydrogens (primary N) is 1. The molecule has 0 saturated carbocycles. The molecule has 2 aromatic heterocycles. The number of nitrogens with zero attached hydrogens (tertiary/aromatic N) is 4. The first-order valence-corrected chi connectivity index (χ1v) is 5.89. The molecule has 2 heterocycles. The standard InChI is InChI=1S/C11H16N6O/c1-2-3-8-10(12)14-6-15-11(8)13-5-4-9-16-7-18-17-9/h6-7H,2-5H2,1H3,(H3,12,13,14,15). The largest absolute Gasteiger partial charge is 0.383 e. The van der Waals surface area contributed by atoms with Gasteiger partial charge in [-0.25, -0.2) is 9.97 Å². The van der Waals surface area contributed by atoms with Crippen LogP contribution < -0.4 is 11.1 Å². The second-order valence-corrected chi connectivity index (χ2v) is 3.86. The fourth-order valence-corrected chi connectivity index (χ4v) is 1.67. The molecule has 0 bridgehead atoms. The van der Waals surface area contributed by atoms with Gasteiger partial charge in [0.25, 0.3) is 0 Å². The Bertz CT molecular complexity index is 484. The summed E-state index contributed by atoms with van der Waals surface area (Å²) in [7, 11) is 0. The van der Waals surface area contributed by atoms with Gasteiger partial charge in [-0.2, -0.15) is 4.98 Å².